The highest BCUT2D eigenvalue weighted by atomic mass is 32.2. The SMILES string of the molecule is O=CN1CCOCC1CNS(=O)[O-]. The van der Waals surface area contributed by atoms with Gasteiger partial charge in [-0.3, -0.25) is 9.00 Å². The number of rotatable bonds is 4. The average Bonchev–Trinajstić information content (AvgIpc) is 2.15. The van der Waals surface area contributed by atoms with Gasteiger partial charge in [-0.25, -0.2) is 4.72 Å². The summed E-state index contributed by atoms with van der Waals surface area (Å²) in [6.07, 6.45) is 0.711. The summed E-state index contributed by atoms with van der Waals surface area (Å²) in [5.74, 6) is 0. The van der Waals surface area contributed by atoms with Crippen LogP contribution in [0.2, 0.25) is 0 Å². The van der Waals surface area contributed by atoms with E-state index in [2.05, 4.69) is 4.72 Å². The Hall–Kier alpha value is -0.500. The number of hydrogen-bond acceptors (Lipinski definition) is 4. The summed E-state index contributed by atoms with van der Waals surface area (Å²) in [4.78, 5) is 12.0. The third-order valence-electron chi connectivity index (χ3n) is 1.85. The molecule has 2 atom stereocenters. The van der Waals surface area contributed by atoms with E-state index < -0.39 is 11.3 Å². The molecule has 76 valence electrons. The predicted molar refractivity (Wildman–Crippen MR) is 44.3 cm³/mol. The lowest BCUT2D eigenvalue weighted by Gasteiger charge is -2.32. The number of amides is 1. The molecular formula is C6H11N2O4S-. The molecule has 1 aliphatic heterocycles. The van der Waals surface area contributed by atoms with Gasteiger partial charge in [-0.05, 0) is 0 Å². The lowest BCUT2D eigenvalue weighted by atomic mass is 10.2. The van der Waals surface area contributed by atoms with E-state index in [1.165, 1.54) is 4.90 Å². The van der Waals surface area contributed by atoms with Crippen LogP contribution in [0, 0.1) is 0 Å². The molecule has 1 saturated heterocycles. The van der Waals surface area contributed by atoms with Crippen LogP contribution < -0.4 is 4.72 Å². The number of morpholine rings is 1. The molecule has 7 heteroatoms. The Morgan fingerprint density at radius 1 is 1.77 bits per heavy atom. The van der Waals surface area contributed by atoms with E-state index in [9.17, 15) is 13.6 Å². The molecule has 1 N–H and O–H groups in total. The zero-order valence-corrected chi connectivity index (χ0v) is 7.79. The highest BCUT2D eigenvalue weighted by molar-refractivity contribution is 7.77. The topological polar surface area (TPSA) is 81.7 Å². The molecule has 0 aromatic rings. The van der Waals surface area contributed by atoms with Crippen molar-refractivity contribution in [1.29, 1.82) is 0 Å². The fourth-order valence-corrected chi connectivity index (χ4v) is 1.48. The quantitative estimate of drug-likeness (QED) is 0.437. The molecule has 1 fully saturated rings. The van der Waals surface area contributed by atoms with Crippen molar-refractivity contribution < 1.29 is 18.3 Å². The molecule has 0 spiro atoms. The molecule has 0 aliphatic carbocycles. The maximum Gasteiger partial charge on any atom is 0.210 e. The Morgan fingerprint density at radius 3 is 3.15 bits per heavy atom. The minimum absolute atomic E-state index is 0.191. The Kier molecular flexibility index (Phi) is 4.29. The first-order valence-corrected chi connectivity index (χ1v) is 4.93. The Labute approximate surface area is 78.7 Å². The second-order valence-electron chi connectivity index (χ2n) is 2.66. The molecule has 1 aliphatic rings. The smallest absolute Gasteiger partial charge is 0.210 e. The first-order chi connectivity index (χ1) is 6.24. The highest BCUT2D eigenvalue weighted by Gasteiger charge is 2.20. The number of carbonyl (C=O) groups excluding carboxylic acids is 1. The van der Waals surface area contributed by atoms with E-state index in [0.717, 1.165) is 0 Å². The maximum atomic E-state index is 10.5. The van der Waals surface area contributed by atoms with E-state index in [0.29, 0.717) is 26.2 Å². The van der Waals surface area contributed by atoms with Crippen molar-refractivity contribution in [1.82, 2.24) is 9.62 Å². The van der Waals surface area contributed by atoms with Crippen LogP contribution in [0.4, 0.5) is 0 Å². The van der Waals surface area contributed by atoms with Crippen molar-refractivity contribution in [2.45, 2.75) is 6.04 Å². The normalized spacial score (nSPS) is 25.6. The largest absolute Gasteiger partial charge is 0.760 e. The van der Waals surface area contributed by atoms with Gasteiger partial charge in [0.2, 0.25) is 6.41 Å². The van der Waals surface area contributed by atoms with E-state index in [1.54, 1.807) is 0 Å². The minimum atomic E-state index is -2.28. The van der Waals surface area contributed by atoms with Gasteiger partial charge in [-0.2, -0.15) is 0 Å². The fourth-order valence-electron chi connectivity index (χ4n) is 1.15. The van der Waals surface area contributed by atoms with E-state index in [4.69, 9.17) is 4.74 Å². The first kappa shape index (κ1) is 10.6. The van der Waals surface area contributed by atoms with Crippen LogP contribution in [-0.4, -0.2) is 52.4 Å². The molecule has 0 radical (unpaired) electrons. The molecule has 2 unspecified atom stereocenters. The Morgan fingerprint density at radius 2 is 2.54 bits per heavy atom. The summed E-state index contributed by atoms with van der Waals surface area (Å²) in [5, 5.41) is 0. The lowest BCUT2D eigenvalue weighted by molar-refractivity contribution is -0.125. The summed E-state index contributed by atoms with van der Waals surface area (Å²) >= 11 is -2.28. The average molecular weight is 207 g/mol. The van der Waals surface area contributed by atoms with Crippen LogP contribution >= 0.6 is 0 Å². The number of hydrogen-bond donors (Lipinski definition) is 1. The van der Waals surface area contributed by atoms with Crippen LogP contribution in [0.15, 0.2) is 0 Å². The summed E-state index contributed by atoms with van der Waals surface area (Å²) in [6.45, 7) is 1.61. The predicted octanol–water partition coefficient (Wildman–Crippen LogP) is -1.77. The number of carbonyl (C=O) groups is 1. The molecule has 6 nitrogen and oxygen atoms in total. The third-order valence-corrected chi connectivity index (χ3v) is 2.25. The minimum Gasteiger partial charge on any atom is -0.760 e. The summed E-state index contributed by atoms with van der Waals surface area (Å²) in [5.41, 5.74) is 0. The van der Waals surface area contributed by atoms with E-state index >= 15 is 0 Å². The van der Waals surface area contributed by atoms with Gasteiger partial charge in [0.1, 0.15) is 0 Å². The molecule has 0 bridgehead atoms. The molecule has 1 heterocycles. The van der Waals surface area contributed by atoms with Gasteiger partial charge < -0.3 is 14.2 Å². The zero-order valence-electron chi connectivity index (χ0n) is 6.97. The zero-order chi connectivity index (χ0) is 9.68. The second-order valence-corrected chi connectivity index (χ2v) is 3.41. The molecule has 1 rings (SSSR count). The summed E-state index contributed by atoms with van der Waals surface area (Å²) in [7, 11) is 0. The summed E-state index contributed by atoms with van der Waals surface area (Å²) < 4.78 is 27.7. The van der Waals surface area contributed by atoms with Gasteiger partial charge in [0.25, 0.3) is 0 Å². The molecule has 1 amide bonds. The van der Waals surface area contributed by atoms with Gasteiger partial charge in [-0.15, -0.1) is 0 Å². The van der Waals surface area contributed by atoms with E-state index in [-0.39, 0.29) is 12.6 Å². The van der Waals surface area contributed by atoms with E-state index in [1.807, 2.05) is 0 Å². The monoisotopic (exact) mass is 207 g/mol. The van der Waals surface area contributed by atoms with Crippen molar-refractivity contribution in [2.24, 2.45) is 0 Å². The van der Waals surface area contributed by atoms with Crippen molar-refractivity contribution in [2.75, 3.05) is 26.3 Å². The number of nitrogens with zero attached hydrogens (tertiary/aromatic N) is 1. The second kappa shape index (κ2) is 5.28. The van der Waals surface area contributed by atoms with Crippen LogP contribution in [0.5, 0.6) is 0 Å². The summed E-state index contributed by atoms with van der Waals surface area (Å²) in [6, 6.07) is -0.191. The van der Waals surface area contributed by atoms with Gasteiger partial charge in [-0.1, -0.05) is 0 Å². The van der Waals surface area contributed by atoms with Crippen molar-refractivity contribution in [3.05, 3.63) is 0 Å². The van der Waals surface area contributed by atoms with Gasteiger partial charge in [0, 0.05) is 24.4 Å². The third kappa shape index (κ3) is 3.39. The van der Waals surface area contributed by atoms with Crippen LogP contribution in [-0.2, 0) is 20.8 Å². The fraction of sp³-hybridized carbons (Fsp3) is 0.833. The van der Waals surface area contributed by atoms with Crippen molar-refractivity contribution >= 4 is 17.7 Å². The molecule has 0 aromatic heterocycles. The van der Waals surface area contributed by atoms with Crippen LogP contribution in [0.1, 0.15) is 0 Å². The van der Waals surface area contributed by atoms with Gasteiger partial charge >= 0.3 is 0 Å². The molecule has 13 heavy (non-hydrogen) atoms. The van der Waals surface area contributed by atoms with Crippen molar-refractivity contribution in [3.8, 4) is 0 Å². The van der Waals surface area contributed by atoms with Gasteiger partial charge in [0.15, 0.2) is 0 Å². The Bertz CT molecular complexity index is 201. The maximum absolute atomic E-state index is 10.5. The molecule has 0 aromatic carbocycles. The van der Waals surface area contributed by atoms with Crippen molar-refractivity contribution in [3.63, 3.8) is 0 Å². The Balaban J connectivity index is 2.35. The first-order valence-electron chi connectivity index (χ1n) is 3.85. The standard InChI is InChI=1S/C6H12N2O4S/c9-5-8-1-2-12-4-6(8)3-7-13(10)11/h5-7H,1-4H2,(H,10,11)/p-1. The van der Waals surface area contributed by atoms with Crippen LogP contribution in [0.25, 0.3) is 0 Å². The lowest BCUT2D eigenvalue weighted by Crippen LogP contribution is -2.49. The molecular weight excluding hydrogens is 196 g/mol. The number of ether oxygens (including phenoxy) is 1. The van der Waals surface area contributed by atoms with Gasteiger partial charge in [0.05, 0.1) is 19.3 Å². The number of nitrogens with one attached hydrogen (secondary N) is 1. The van der Waals surface area contributed by atoms with Crippen LogP contribution in [0.3, 0.4) is 0 Å². The highest BCUT2D eigenvalue weighted by Crippen LogP contribution is 2.02. The molecule has 0 saturated carbocycles.